The molecule has 0 aliphatic carbocycles. The maximum absolute atomic E-state index is 5.64. The molecule has 0 spiro atoms. The van der Waals surface area contributed by atoms with E-state index < -0.39 is 0 Å². The molecule has 3 heteroatoms. The van der Waals surface area contributed by atoms with Crippen molar-refractivity contribution in [3.05, 3.63) is 0 Å². The standard InChI is InChI=1S/C10H22N2O/c1-3-12(9(2)7-11)8-10-5-4-6-13-10/h9-10H,3-8,11H2,1-2H3. The molecular weight excluding hydrogens is 164 g/mol. The summed E-state index contributed by atoms with van der Waals surface area (Å²) in [5.41, 5.74) is 5.64. The van der Waals surface area contributed by atoms with Crippen molar-refractivity contribution < 1.29 is 4.74 Å². The Morgan fingerprint density at radius 1 is 1.62 bits per heavy atom. The zero-order chi connectivity index (χ0) is 9.68. The summed E-state index contributed by atoms with van der Waals surface area (Å²) in [6.45, 7) is 8.16. The molecule has 0 aromatic heterocycles. The van der Waals surface area contributed by atoms with E-state index in [1.807, 2.05) is 0 Å². The van der Waals surface area contributed by atoms with Gasteiger partial charge in [-0.15, -0.1) is 0 Å². The topological polar surface area (TPSA) is 38.5 Å². The van der Waals surface area contributed by atoms with Crippen molar-refractivity contribution in [2.75, 3.05) is 26.2 Å². The SMILES string of the molecule is CCN(CC1CCCO1)C(C)CN. The van der Waals surface area contributed by atoms with Crippen LogP contribution in [0.4, 0.5) is 0 Å². The van der Waals surface area contributed by atoms with Crippen molar-refractivity contribution in [3.8, 4) is 0 Å². The molecule has 1 aliphatic heterocycles. The minimum absolute atomic E-state index is 0.453. The van der Waals surface area contributed by atoms with Gasteiger partial charge in [-0.3, -0.25) is 4.90 Å². The van der Waals surface area contributed by atoms with Crippen LogP contribution in [-0.4, -0.2) is 43.3 Å². The normalized spacial score (nSPS) is 25.4. The van der Waals surface area contributed by atoms with Crippen LogP contribution in [0.25, 0.3) is 0 Å². The van der Waals surface area contributed by atoms with E-state index in [9.17, 15) is 0 Å². The molecule has 0 radical (unpaired) electrons. The molecule has 1 saturated heterocycles. The van der Waals surface area contributed by atoms with Gasteiger partial charge in [-0.1, -0.05) is 6.92 Å². The molecule has 13 heavy (non-hydrogen) atoms. The zero-order valence-corrected chi connectivity index (χ0v) is 8.83. The number of nitrogens with zero attached hydrogens (tertiary/aromatic N) is 1. The summed E-state index contributed by atoms with van der Waals surface area (Å²) in [5, 5.41) is 0. The Bertz CT molecular complexity index is 135. The van der Waals surface area contributed by atoms with E-state index in [1.54, 1.807) is 0 Å². The minimum Gasteiger partial charge on any atom is -0.377 e. The molecule has 1 fully saturated rings. The summed E-state index contributed by atoms with van der Waals surface area (Å²) >= 11 is 0. The fourth-order valence-electron chi connectivity index (χ4n) is 1.82. The van der Waals surface area contributed by atoms with Crippen molar-refractivity contribution in [1.29, 1.82) is 0 Å². The zero-order valence-electron chi connectivity index (χ0n) is 8.83. The first-order valence-corrected chi connectivity index (χ1v) is 5.33. The van der Waals surface area contributed by atoms with Crippen LogP contribution in [0.2, 0.25) is 0 Å². The number of hydrogen-bond donors (Lipinski definition) is 1. The Balaban J connectivity index is 2.29. The van der Waals surface area contributed by atoms with Gasteiger partial charge in [0.05, 0.1) is 6.10 Å². The predicted octanol–water partition coefficient (Wildman–Crippen LogP) is 0.835. The van der Waals surface area contributed by atoms with E-state index in [0.717, 1.165) is 26.2 Å². The first kappa shape index (κ1) is 11.0. The fraction of sp³-hybridized carbons (Fsp3) is 1.00. The van der Waals surface area contributed by atoms with Gasteiger partial charge in [0.15, 0.2) is 0 Å². The van der Waals surface area contributed by atoms with Gasteiger partial charge in [-0.05, 0) is 26.3 Å². The summed E-state index contributed by atoms with van der Waals surface area (Å²) in [6, 6.07) is 0.481. The Labute approximate surface area is 81.2 Å². The van der Waals surface area contributed by atoms with Crippen LogP contribution in [0.3, 0.4) is 0 Å². The minimum atomic E-state index is 0.453. The second-order valence-electron chi connectivity index (χ2n) is 3.81. The van der Waals surface area contributed by atoms with Crippen molar-refractivity contribution in [1.82, 2.24) is 4.90 Å². The van der Waals surface area contributed by atoms with Gasteiger partial charge in [0.2, 0.25) is 0 Å². The average molecular weight is 186 g/mol. The summed E-state index contributed by atoms with van der Waals surface area (Å²) in [6.07, 6.45) is 2.89. The van der Waals surface area contributed by atoms with Crippen LogP contribution >= 0.6 is 0 Å². The van der Waals surface area contributed by atoms with Crippen LogP contribution in [0.5, 0.6) is 0 Å². The van der Waals surface area contributed by atoms with E-state index >= 15 is 0 Å². The van der Waals surface area contributed by atoms with E-state index in [2.05, 4.69) is 18.7 Å². The third kappa shape index (κ3) is 3.25. The molecule has 3 nitrogen and oxygen atoms in total. The average Bonchev–Trinajstić information content (AvgIpc) is 2.65. The second kappa shape index (κ2) is 5.58. The van der Waals surface area contributed by atoms with Gasteiger partial charge < -0.3 is 10.5 Å². The number of hydrogen-bond acceptors (Lipinski definition) is 3. The molecule has 2 N–H and O–H groups in total. The van der Waals surface area contributed by atoms with Crippen LogP contribution < -0.4 is 5.73 Å². The third-order valence-electron chi connectivity index (χ3n) is 2.83. The highest BCUT2D eigenvalue weighted by Gasteiger charge is 2.20. The molecule has 2 unspecified atom stereocenters. The highest BCUT2D eigenvalue weighted by molar-refractivity contribution is 4.74. The molecule has 2 atom stereocenters. The summed E-state index contributed by atoms with van der Waals surface area (Å²) in [4.78, 5) is 2.40. The van der Waals surface area contributed by atoms with Gasteiger partial charge in [0.25, 0.3) is 0 Å². The van der Waals surface area contributed by atoms with Crippen LogP contribution in [0.15, 0.2) is 0 Å². The van der Waals surface area contributed by atoms with Crippen LogP contribution in [0, 0.1) is 0 Å². The molecule has 1 rings (SSSR count). The number of rotatable bonds is 5. The Kier molecular flexibility index (Phi) is 4.70. The van der Waals surface area contributed by atoms with Gasteiger partial charge in [0.1, 0.15) is 0 Å². The van der Waals surface area contributed by atoms with E-state index in [-0.39, 0.29) is 0 Å². The highest BCUT2D eigenvalue weighted by atomic mass is 16.5. The van der Waals surface area contributed by atoms with E-state index in [1.165, 1.54) is 12.8 Å². The molecule has 0 amide bonds. The van der Waals surface area contributed by atoms with Gasteiger partial charge in [-0.2, -0.15) is 0 Å². The molecular formula is C10H22N2O. The Morgan fingerprint density at radius 3 is 2.85 bits per heavy atom. The Hall–Kier alpha value is -0.120. The lowest BCUT2D eigenvalue weighted by atomic mass is 10.2. The van der Waals surface area contributed by atoms with Gasteiger partial charge in [0, 0.05) is 25.7 Å². The predicted molar refractivity (Wildman–Crippen MR) is 54.7 cm³/mol. The van der Waals surface area contributed by atoms with Gasteiger partial charge in [-0.25, -0.2) is 0 Å². The van der Waals surface area contributed by atoms with E-state index in [4.69, 9.17) is 10.5 Å². The lowest BCUT2D eigenvalue weighted by molar-refractivity contribution is 0.0633. The number of likely N-dealkylation sites (N-methyl/N-ethyl adjacent to an activating group) is 1. The molecule has 78 valence electrons. The second-order valence-corrected chi connectivity index (χ2v) is 3.81. The molecule has 0 bridgehead atoms. The summed E-state index contributed by atoms with van der Waals surface area (Å²) in [7, 11) is 0. The maximum atomic E-state index is 5.64. The van der Waals surface area contributed by atoms with Crippen molar-refractivity contribution >= 4 is 0 Å². The van der Waals surface area contributed by atoms with Crippen molar-refractivity contribution in [2.24, 2.45) is 5.73 Å². The molecule has 0 saturated carbocycles. The van der Waals surface area contributed by atoms with Gasteiger partial charge >= 0.3 is 0 Å². The monoisotopic (exact) mass is 186 g/mol. The third-order valence-corrected chi connectivity index (χ3v) is 2.83. The van der Waals surface area contributed by atoms with Crippen LogP contribution in [-0.2, 0) is 4.74 Å². The van der Waals surface area contributed by atoms with Crippen LogP contribution in [0.1, 0.15) is 26.7 Å². The number of ether oxygens (including phenoxy) is 1. The number of nitrogens with two attached hydrogens (primary N) is 1. The maximum Gasteiger partial charge on any atom is 0.0702 e. The summed E-state index contributed by atoms with van der Waals surface area (Å²) < 4.78 is 5.60. The Morgan fingerprint density at radius 2 is 2.38 bits per heavy atom. The molecule has 1 heterocycles. The van der Waals surface area contributed by atoms with Crippen molar-refractivity contribution in [3.63, 3.8) is 0 Å². The van der Waals surface area contributed by atoms with Crippen molar-refractivity contribution in [2.45, 2.75) is 38.8 Å². The fourth-order valence-corrected chi connectivity index (χ4v) is 1.82. The largest absolute Gasteiger partial charge is 0.377 e. The molecule has 0 aromatic carbocycles. The lowest BCUT2D eigenvalue weighted by Gasteiger charge is -2.28. The smallest absolute Gasteiger partial charge is 0.0702 e. The molecule has 1 aliphatic rings. The quantitative estimate of drug-likeness (QED) is 0.691. The first-order chi connectivity index (χ1) is 6.27. The highest BCUT2D eigenvalue weighted by Crippen LogP contribution is 2.14. The summed E-state index contributed by atoms with van der Waals surface area (Å²) in [5.74, 6) is 0. The van der Waals surface area contributed by atoms with E-state index in [0.29, 0.717) is 12.1 Å². The first-order valence-electron chi connectivity index (χ1n) is 5.33. The molecule has 0 aromatic rings. The lowest BCUT2D eigenvalue weighted by Crippen LogP contribution is -2.42.